The summed E-state index contributed by atoms with van der Waals surface area (Å²) in [5.74, 6) is 0.919. The van der Waals surface area contributed by atoms with Gasteiger partial charge >= 0.3 is 0 Å². The Balaban J connectivity index is 0.00000507. The van der Waals surface area contributed by atoms with Crippen molar-refractivity contribution in [3.63, 3.8) is 0 Å². The fourth-order valence-electron chi connectivity index (χ4n) is 4.60. The number of aromatic nitrogens is 1. The molecule has 0 saturated carbocycles. The first-order chi connectivity index (χ1) is 18.0. The van der Waals surface area contributed by atoms with Crippen molar-refractivity contribution in [2.75, 3.05) is 11.5 Å². The van der Waals surface area contributed by atoms with Crippen LogP contribution in [0.3, 0.4) is 0 Å². The number of ether oxygens (including phenoxy) is 1. The molecule has 0 bridgehead atoms. The van der Waals surface area contributed by atoms with Gasteiger partial charge in [-0.2, -0.15) is 4.57 Å². The lowest BCUT2D eigenvalue weighted by Crippen LogP contribution is -3.00. The van der Waals surface area contributed by atoms with Crippen LogP contribution in [0.15, 0.2) is 60.2 Å². The van der Waals surface area contributed by atoms with Crippen LogP contribution in [0.2, 0.25) is 0 Å². The summed E-state index contributed by atoms with van der Waals surface area (Å²) in [6, 6.07) is 16.5. The van der Waals surface area contributed by atoms with Gasteiger partial charge in [0.2, 0.25) is 11.4 Å². The smallest absolute Gasteiger partial charge is 0.225 e. The average molecular weight is 602 g/mol. The number of carbonyl (C=O) groups excluding carboxylic acids is 1. The molecule has 208 valence electrons. The van der Waals surface area contributed by atoms with Gasteiger partial charge in [-0.25, -0.2) is 0 Å². The molecule has 0 atom stereocenters. The Morgan fingerprint density at radius 3 is 2.16 bits per heavy atom. The van der Waals surface area contributed by atoms with Gasteiger partial charge in [0.15, 0.2) is 12.7 Å². The maximum atomic E-state index is 12.5. The predicted octanol–water partition coefficient (Wildman–Crippen LogP) is 5.25. The zero-order valence-electron chi connectivity index (χ0n) is 23.5. The average Bonchev–Trinajstić information content (AvgIpc) is 3.31. The minimum Gasteiger partial charge on any atom is -1.00 e. The van der Waals surface area contributed by atoms with Crippen molar-refractivity contribution >= 4 is 22.9 Å². The van der Waals surface area contributed by atoms with E-state index in [1.54, 1.807) is 18.3 Å². The molecule has 0 fully saturated rings. The van der Waals surface area contributed by atoms with Crippen molar-refractivity contribution in [1.29, 1.82) is 0 Å². The standard InChI is InChI=1S/C32H45N2O2S.BrH/c1-4-5-6-7-8-9-10-11-12-13-21-36-32-16-14-15-30(22-32)25-34(28(3)35)31-19-17-29(18-20-31)24-33-23-27(2)37-26-33;/h14-20,22-23,26H,4-13,21,24-25H2,1-3H3;1H/q+1;/p-1. The number of anilines is 1. The van der Waals surface area contributed by atoms with E-state index in [9.17, 15) is 4.79 Å². The summed E-state index contributed by atoms with van der Waals surface area (Å²) in [5.41, 5.74) is 5.34. The molecule has 4 nitrogen and oxygen atoms in total. The largest absolute Gasteiger partial charge is 1.00 e. The number of nitrogens with zero attached hydrogens (tertiary/aromatic N) is 2. The minimum absolute atomic E-state index is 0. The van der Waals surface area contributed by atoms with Gasteiger partial charge in [-0.3, -0.25) is 4.79 Å². The molecule has 6 heteroatoms. The first-order valence-corrected chi connectivity index (χ1v) is 15.0. The van der Waals surface area contributed by atoms with E-state index in [2.05, 4.69) is 54.4 Å². The van der Waals surface area contributed by atoms with Gasteiger partial charge in [-0.1, -0.05) is 100 Å². The van der Waals surface area contributed by atoms with Gasteiger partial charge in [0, 0.05) is 18.2 Å². The van der Waals surface area contributed by atoms with E-state index in [0.717, 1.165) is 36.6 Å². The van der Waals surface area contributed by atoms with Crippen LogP contribution in [0.5, 0.6) is 5.75 Å². The summed E-state index contributed by atoms with van der Waals surface area (Å²) in [7, 11) is 0. The molecule has 0 radical (unpaired) electrons. The van der Waals surface area contributed by atoms with E-state index in [-0.39, 0.29) is 22.9 Å². The monoisotopic (exact) mass is 600 g/mol. The fourth-order valence-corrected chi connectivity index (χ4v) is 5.23. The molecule has 3 rings (SSSR count). The first kappa shape index (κ1) is 32.0. The van der Waals surface area contributed by atoms with Crippen LogP contribution >= 0.6 is 11.3 Å². The molecular weight excluding hydrogens is 556 g/mol. The Kier molecular flexibility index (Phi) is 15.3. The lowest BCUT2D eigenvalue weighted by molar-refractivity contribution is -0.683. The Morgan fingerprint density at radius 1 is 0.895 bits per heavy atom. The number of unbranched alkanes of at least 4 members (excludes halogenated alkanes) is 9. The maximum Gasteiger partial charge on any atom is 0.225 e. The van der Waals surface area contributed by atoms with Gasteiger partial charge in [-0.15, -0.1) is 0 Å². The predicted molar refractivity (Wildman–Crippen MR) is 155 cm³/mol. The molecule has 0 unspecified atom stereocenters. The zero-order valence-corrected chi connectivity index (χ0v) is 25.9. The number of amides is 1. The molecule has 0 spiro atoms. The molecule has 0 saturated heterocycles. The first-order valence-electron chi connectivity index (χ1n) is 14.1. The summed E-state index contributed by atoms with van der Waals surface area (Å²) in [6.45, 7) is 8.13. The third-order valence-electron chi connectivity index (χ3n) is 6.72. The van der Waals surface area contributed by atoms with Crippen molar-refractivity contribution in [2.45, 2.75) is 98.1 Å². The fraction of sp³-hybridized carbons (Fsp3) is 0.500. The molecule has 38 heavy (non-hydrogen) atoms. The molecule has 0 aliphatic heterocycles. The van der Waals surface area contributed by atoms with Gasteiger partial charge in [0.25, 0.3) is 0 Å². The Morgan fingerprint density at radius 2 is 1.55 bits per heavy atom. The SMILES string of the molecule is CCCCCCCCCCCCOc1cccc(CN(C(C)=O)c2ccc(C[n+]3csc(C)c3)cc2)c1.[Br-]. The number of thiazole rings is 1. The highest BCUT2D eigenvalue weighted by atomic mass is 79.9. The second-order valence-electron chi connectivity index (χ2n) is 10.1. The van der Waals surface area contributed by atoms with Crippen molar-refractivity contribution in [1.82, 2.24) is 0 Å². The summed E-state index contributed by atoms with van der Waals surface area (Å²) < 4.78 is 8.23. The van der Waals surface area contributed by atoms with Gasteiger partial charge in [0.1, 0.15) is 5.75 Å². The van der Waals surface area contributed by atoms with Crippen molar-refractivity contribution in [3.8, 4) is 5.75 Å². The van der Waals surface area contributed by atoms with Crippen LogP contribution in [0.25, 0.3) is 0 Å². The highest BCUT2D eigenvalue weighted by molar-refractivity contribution is 7.09. The minimum atomic E-state index is 0. The summed E-state index contributed by atoms with van der Waals surface area (Å²) in [5, 5.41) is 0. The number of benzene rings is 2. The number of hydrogen-bond donors (Lipinski definition) is 0. The summed E-state index contributed by atoms with van der Waals surface area (Å²) in [4.78, 5) is 15.6. The topological polar surface area (TPSA) is 33.4 Å². The second-order valence-corrected chi connectivity index (χ2v) is 11.2. The van der Waals surface area contributed by atoms with Crippen LogP contribution in [0, 0.1) is 6.92 Å². The highest BCUT2D eigenvalue weighted by Crippen LogP contribution is 2.21. The van der Waals surface area contributed by atoms with Crippen molar-refractivity contribution in [3.05, 3.63) is 76.2 Å². The quantitative estimate of drug-likeness (QED) is 0.157. The van der Waals surface area contributed by atoms with E-state index < -0.39 is 0 Å². The Labute approximate surface area is 244 Å². The zero-order chi connectivity index (χ0) is 26.3. The number of halogens is 1. The number of hydrogen-bond acceptors (Lipinski definition) is 3. The van der Waals surface area contributed by atoms with E-state index in [1.807, 2.05) is 29.2 Å². The highest BCUT2D eigenvalue weighted by Gasteiger charge is 2.14. The van der Waals surface area contributed by atoms with Crippen LogP contribution in [-0.4, -0.2) is 12.5 Å². The van der Waals surface area contributed by atoms with E-state index in [0.29, 0.717) is 6.54 Å². The van der Waals surface area contributed by atoms with E-state index >= 15 is 0 Å². The van der Waals surface area contributed by atoms with Crippen molar-refractivity contribution < 1.29 is 31.1 Å². The van der Waals surface area contributed by atoms with Gasteiger partial charge < -0.3 is 26.6 Å². The van der Waals surface area contributed by atoms with Gasteiger partial charge in [0.05, 0.1) is 18.0 Å². The number of rotatable bonds is 17. The Bertz CT molecular complexity index is 1070. The summed E-state index contributed by atoms with van der Waals surface area (Å²) in [6.07, 6.45) is 15.4. The molecule has 3 aromatic rings. The normalized spacial score (nSPS) is 10.7. The molecule has 2 aromatic carbocycles. The Hall–Kier alpha value is -2.18. The molecule has 1 heterocycles. The molecule has 0 N–H and O–H groups in total. The number of aryl methyl sites for hydroxylation is 1. The van der Waals surface area contributed by atoms with E-state index in [4.69, 9.17) is 4.74 Å². The van der Waals surface area contributed by atoms with E-state index in [1.165, 1.54) is 68.2 Å². The van der Waals surface area contributed by atoms with Crippen LogP contribution in [0.1, 0.15) is 94.1 Å². The van der Waals surface area contributed by atoms with Crippen LogP contribution in [0.4, 0.5) is 5.69 Å². The summed E-state index contributed by atoms with van der Waals surface area (Å²) >= 11 is 1.75. The van der Waals surface area contributed by atoms with Crippen LogP contribution in [-0.2, 0) is 17.9 Å². The van der Waals surface area contributed by atoms with Crippen molar-refractivity contribution in [2.24, 2.45) is 0 Å². The molecule has 1 aromatic heterocycles. The molecule has 0 aliphatic rings. The third kappa shape index (κ3) is 11.7. The van der Waals surface area contributed by atoms with Gasteiger partial charge in [-0.05, 0) is 43.2 Å². The third-order valence-corrected chi connectivity index (χ3v) is 7.57. The molecular formula is C32H45BrN2O2S. The number of carbonyl (C=O) groups is 1. The lowest BCUT2D eigenvalue weighted by Gasteiger charge is -2.22. The van der Waals surface area contributed by atoms with Crippen LogP contribution < -0.4 is 31.2 Å². The second kappa shape index (κ2) is 18.2. The maximum absolute atomic E-state index is 12.5. The molecule has 0 aliphatic carbocycles. The lowest BCUT2D eigenvalue weighted by atomic mass is 10.1. The molecule has 1 amide bonds.